The number of hydrogen-bond donors (Lipinski definition) is 1. The van der Waals surface area contributed by atoms with Gasteiger partial charge in [0.1, 0.15) is 5.82 Å². The number of rotatable bonds is 10. The summed E-state index contributed by atoms with van der Waals surface area (Å²) in [6.45, 7) is 2.39. The Labute approximate surface area is 215 Å². The second-order valence-electron chi connectivity index (χ2n) is 8.28. The standard InChI is InChI=1S/C28H31N3O6/c1-17-30-21-14-19(28(32)29-12-11-18-7-10-23(33-2)24(13-18)34-3)8-9-22(21)31(17)20-15-25(35-4)27(37-6)26(16-20)36-5/h7-10,13-16H,11-12H2,1-6H3,(H,29,32). The molecule has 9 nitrogen and oxygen atoms in total. The van der Waals surface area contributed by atoms with Gasteiger partial charge in [0, 0.05) is 24.2 Å². The number of amides is 1. The third-order valence-corrected chi connectivity index (χ3v) is 6.14. The van der Waals surface area contributed by atoms with E-state index in [2.05, 4.69) is 5.32 Å². The Morgan fingerprint density at radius 2 is 1.49 bits per heavy atom. The van der Waals surface area contributed by atoms with Crippen LogP contribution >= 0.6 is 0 Å². The van der Waals surface area contributed by atoms with E-state index >= 15 is 0 Å². The third-order valence-electron chi connectivity index (χ3n) is 6.14. The minimum absolute atomic E-state index is 0.164. The van der Waals surface area contributed by atoms with Crippen molar-refractivity contribution in [3.8, 4) is 34.4 Å². The molecule has 1 amide bonds. The summed E-state index contributed by atoms with van der Waals surface area (Å²) in [5, 5.41) is 2.98. The summed E-state index contributed by atoms with van der Waals surface area (Å²) in [6.07, 6.45) is 0.656. The average molecular weight is 506 g/mol. The third kappa shape index (κ3) is 5.11. The number of benzene rings is 3. The van der Waals surface area contributed by atoms with Gasteiger partial charge in [-0.1, -0.05) is 6.07 Å². The molecule has 0 bridgehead atoms. The summed E-state index contributed by atoms with van der Waals surface area (Å²) in [4.78, 5) is 17.6. The number of nitrogens with zero attached hydrogens (tertiary/aromatic N) is 2. The molecule has 0 aliphatic carbocycles. The van der Waals surface area contributed by atoms with Gasteiger partial charge in [-0.15, -0.1) is 0 Å². The van der Waals surface area contributed by atoms with Crippen molar-refractivity contribution >= 4 is 16.9 Å². The molecule has 1 heterocycles. The van der Waals surface area contributed by atoms with Crippen LogP contribution in [-0.4, -0.2) is 57.6 Å². The van der Waals surface area contributed by atoms with Gasteiger partial charge in [0.15, 0.2) is 23.0 Å². The number of methoxy groups -OCH3 is 5. The number of carbonyl (C=O) groups excluding carboxylic acids is 1. The smallest absolute Gasteiger partial charge is 0.251 e. The fourth-order valence-corrected chi connectivity index (χ4v) is 4.32. The number of aryl methyl sites for hydroxylation is 1. The molecule has 0 aliphatic rings. The van der Waals surface area contributed by atoms with E-state index < -0.39 is 0 Å². The number of ether oxygens (including phenoxy) is 5. The molecule has 0 fully saturated rings. The molecule has 37 heavy (non-hydrogen) atoms. The Morgan fingerprint density at radius 3 is 2.11 bits per heavy atom. The summed E-state index contributed by atoms with van der Waals surface area (Å²) in [5.74, 6) is 3.53. The molecule has 4 aromatic rings. The van der Waals surface area contributed by atoms with Crippen LogP contribution in [0.25, 0.3) is 16.7 Å². The Balaban J connectivity index is 1.54. The maximum absolute atomic E-state index is 12.9. The van der Waals surface area contributed by atoms with Gasteiger partial charge in [-0.25, -0.2) is 4.98 Å². The monoisotopic (exact) mass is 505 g/mol. The van der Waals surface area contributed by atoms with Crippen molar-refractivity contribution in [2.45, 2.75) is 13.3 Å². The summed E-state index contributed by atoms with van der Waals surface area (Å²) in [6, 6.07) is 14.9. The van der Waals surface area contributed by atoms with E-state index in [0.29, 0.717) is 52.8 Å². The SMILES string of the molecule is COc1ccc(CCNC(=O)c2ccc3c(c2)nc(C)n3-c2cc(OC)c(OC)c(OC)c2)cc1OC. The number of carbonyl (C=O) groups is 1. The molecule has 0 unspecified atom stereocenters. The second kappa shape index (κ2) is 11.1. The molecule has 1 aromatic heterocycles. The van der Waals surface area contributed by atoms with Crippen LogP contribution in [0.15, 0.2) is 48.5 Å². The predicted molar refractivity (Wildman–Crippen MR) is 141 cm³/mol. The Kier molecular flexibility index (Phi) is 7.71. The zero-order chi connectivity index (χ0) is 26.5. The van der Waals surface area contributed by atoms with Crippen LogP contribution in [0.2, 0.25) is 0 Å². The van der Waals surface area contributed by atoms with E-state index in [0.717, 1.165) is 22.6 Å². The molecule has 0 saturated carbocycles. The van der Waals surface area contributed by atoms with Crippen LogP contribution in [0.3, 0.4) is 0 Å². The van der Waals surface area contributed by atoms with Gasteiger partial charge < -0.3 is 29.0 Å². The fourth-order valence-electron chi connectivity index (χ4n) is 4.32. The van der Waals surface area contributed by atoms with E-state index in [-0.39, 0.29) is 5.91 Å². The zero-order valence-electron chi connectivity index (χ0n) is 21.9. The lowest BCUT2D eigenvalue weighted by Gasteiger charge is -2.15. The molecular formula is C28H31N3O6. The number of aromatic nitrogens is 2. The molecule has 0 atom stereocenters. The summed E-state index contributed by atoms with van der Waals surface area (Å²) < 4.78 is 29.1. The lowest BCUT2D eigenvalue weighted by molar-refractivity contribution is 0.0954. The van der Waals surface area contributed by atoms with Crippen LogP contribution in [0.1, 0.15) is 21.7 Å². The molecule has 3 aromatic carbocycles. The van der Waals surface area contributed by atoms with Crippen LogP contribution in [-0.2, 0) is 6.42 Å². The van der Waals surface area contributed by atoms with E-state index in [1.807, 2.05) is 47.9 Å². The van der Waals surface area contributed by atoms with Crippen molar-refractivity contribution in [2.24, 2.45) is 0 Å². The van der Waals surface area contributed by atoms with Gasteiger partial charge >= 0.3 is 0 Å². The first-order chi connectivity index (χ1) is 17.9. The largest absolute Gasteiger partial charge is 0.493 e. The highest BCUT2D eigenvalue weighted by Crippen LogP contribution is 2.40. The summed E-state index contributed by atoms with van der Waals surface area (Å²) in [7, 11) is 7.93. The van der Waals surface area contributed by atoms with Gasteiger partial charge in [-0.2, -0.15) is 0 Å². The van der Waals surface area contributed by atoms with E-state index in [1.54, 1.807) is 47.7 Å². The number of fused-ring (bicyclic) bond motifs is 1. The maximum Gasteiger partial charge on any atom is 0.251 e. The first-order valence-electron chi connectivity index (χ1n) is 11.7. The van der Waals surface area contributed by atoms with Crippen molar-refractivity contribution in [1.29, 1.82) is 0 Å². The molecule has 0 saturated heterocycles. The first-order valence-corrected chi connectivity index (χ1v) is 11.7. The lowest BCUT2D eigenvalue weighted by atomic mass is 10.1. The minimum Gasteiger partial charge on any atom is -0.493 e. The maximum atomic E-state index is 12.9. The number of nitrogens with one attached hydrogen (secondary N) is 1. The van der Waals surface area contributed by atoms with E-state index in [1.165, 1.54) is 0 Å². The van der Waals surface area contributed by atoms with Crippen molar-refractivity contribution in [3.05, 3.63) is 65.5 Å². The van der Waals surface area contributed by atoms with Gasteiger partial charge in [0.2, 0.25) is 5.75 Å². The average Bonchev–Trinajstić information content (AvgIpc) is 3.26. The summed E-state index contributed by atoms with van der Waals surface area (Å²) in [5.41, 5.74) is 3.94. The fraction of sp³-hybridized carbons (Fsp3) is 0.286. The molecular weight excluding hydrogens is 474 g/mol. The van der Waals surface area contributed by atoms with Crippen LogP contribution < -0.4 is 29.0 Å². The summed E-state index contributed by atoms with van der Waals surface area (Å²) >= 11 is 0. The van der Waals surface area contributed by atoms with Crippen molar-refractivity contribution in [1.82, 2.24) is 14.9 Å². The highest BCUT2D eigenvalue weighted by molar-refractivity contribution is 5.97. The van der Waals surface area contributed by atoms with E-state index in [9.17, 15) is 4.79 Å². The minimum atomic E-state index is -0.164. The highest BCUT2D eigenvalue weighted by Gasteiger charge is 2.18. The quantitative estimate of drug-likeness (QED) is 0.343. The normalized spacial score (nSPS) is 10.8. The van der Waals surface area contributed by atoms with Gasteiger partial charge in [0.25, 0.3) is 5.91 Å². The van der Waals surface area contributed by atoms with Crippen LogP contribution in [0.4, 0.5) is 0 Å². The van der Waals surface area contributed by atoms with Gasteiger partial charge in [-0.05, 0) is 49.2 Å². The second-order valence-corrected chi connectivity index (χ2v) is 8.28. The molecule has 0 aliphatic heterocycles. The molecule has 194 valence electrons. The first kappa shape index (κ1) is 25.7. The Morgan fingerprint density at radius 1 is 0.811 bits per heavy atom. The van der Waals surface area contributed by atoms with Crippen molar-refractivity contribution in [3.63, 3.8) is 0 Å². The predicted octanol–water partition coefficient (Wildman–Crippen LogP) is 4.35. The van der Waals surface area contributed by atoms with E-state index in [4.69, 9.17) is 28.7 Å². The van der Waals surface area contributed by atoms with Gasteiger partial charge in [-0.3, -0.25) is 9.36 Å². The van der Waals surface area contributed by atoms with Crippen LogP contribution in [0, 0.1) is 6.92 Å². The topological polar surface area (TPSA) is 93.1 Å². The molecule has 4 rings (SSSR count). The van der Waals surface area contributed by atoms with Crippen molar-refractivity contribution < 1.29 is 28.5 Å². The van der Waals surface area contributed by atoms with Gasteiger partial charge in [0.05, 0.1) is 52.3 Å². The molecule has 0 spiro atoms. The zero-order valence-corrected chi connectivity index (χ0v) is 21.9. The Bertz CT molecular complexity index is 1400. The highest BCUT2D eigenvalue weighted by atomic mass is 16.5. The number of imidazole rings is 1. The van der Waals surface area contributed by atoms with Crippen LogP contribution in [0.5, 0.6) is 28.7 Å². The molecule has 1 N–H and O–H groups in total. The lowest BCUT2D eigenvalue weighted by Crippen LogP contribution is -2.25. The number of hydrogen-bond acceptors (Lipinski definition) is 7. The molecule has 0 radical (unpaired) electrons. The molecule has 9 heteroatoms. The Hall–Kier alpha value is -4.40. The van der Waals surface area contributed by atoms with Crippen molar-refractivity contribution in [2.75, 3.05) is 42.1 Å².